The predicted octanol–water partition coefficient (Wildman–Crippen LogP) is 4.15. The minimum absolute atomic E-state index is 0.0105. The van der Waals surface area contributed by atoms with Crippen molar-refractivity contribution in [2.45, 2.75) is 70.6 Å². The number of piperazine rings is 1. The van der Waals surface area contributed by atoms with E-state index in [9.17, 15) is 14.0 Å². The van der Waals surface area contributed by atoms with Crippen LogP contribution in [-0.4, -0.2) is 69.6 Å². The number of carbonyl (C=O) groups is 2. The van der Waals surface area contributed by atoms with Crippen LogP contribution >= 0.6 is 11.6 Å². The van der Waals surface area contributed by atoms with E-state index in [0.717, 1.165) is 38.4 Å². The number of anilines is 1. The van der Waals surface area contributed by atoms with Gasteiger partial charge in [0.2, 0.25) is 0 Å². The van der Waals surface area contributed by atoms with Gasteiger partial charge in [-0.15, -0.1) is 0 Å². The van der Waals surface area contributed by atoms with Crippen molar-refractivity contribution in [2.24, 2.45) is 5.41 Å². The SMILES string of the molecule is CC(C)(C)OC(=O)N1C2CCC1CN(c1nc(OCC3(C=O)CCC3)nc3c(F)c(Cl)ncc13)C2. The van der Waals surface area contributed by atoms with Gasteiger partial charge in [0.1, 0.15) is 29.8 Å². The molecule has 2 aliphatic heterocycles. The Morgan fingerprint density at radius 1 is 1.26 bits per heavy atom. The van der Waals surface area contributed by atoms with Gasteiger partial charge in [-0.1, -0.05) is 18.0 Å². The molecule has 3 fully saturated rings. The standard InChI is InChI=1S/C24H29ClFN5O4/c1-23(2,3)35-22(33)31-14-5-6-15(31)11-30(10-14)20-16-9-27-19(25)17(26)18(16)28-21(29-20)34-13-24(12-32)7-4-8-24/h9,12,14-15H,4-8,10-11,13H2,1-3H3. The van der Waals surface area contributed by atoms with Gasteiger partial charge in [0, 0.05) is 19.3 Å². The molecule has 2 unspecified atom stereocenters. The van der Waals surface area contributed by atoms with Gasteiger partial charge >= 0.3 is 12.1 Å². The summed E-state index contributed by atoms with van der Waals surface area (Å²) >= 11 is 5.94. The van der Waals surface area contributed by atoms with Crippen molar-refractivity contribution in [2.75, 3.05) is 24.6 Å². The van der Waals surface area contributed by atoms with Gasteiger partial charge in [0.25, 0.3) is 0 Å². The second-order valence-corrected chi connectivity index (χ2v) is 11.1. The number of hydrogen-bond acceptors (Lipinski definition) is 8. The molecule has 9 nitrogen and oxygen atoms in total. The molecule has 2 saturated heterocycles. The minimum atomic E-state index is -0.748. The summed E-state index contributed by atoms with van der Waals surface area (Å²) in [6.45, 7) is 6.70. The number of amides is 1. The first-order chi connectivity index (χ1) is 16.6. The van der Waals surface area contributed by atoms with E-state index in [1.54, 1.807) is 0 Å². The lowest BCUT2D eigenvalue weighted by Crippen LogP contribution is -2.57. The van der Waals surface area contributed by atoms with E-state index in [1.807, 2.05) is 30.6 Å². The first kappa shape index (κ1) is 24.0. The molecule has 1 amide bonds. The highest BCUT2D eigenvalue weighted by molar-refractivity contribution is 6.30. The van der Waals surface area contributed by atoms with E-state index >= 15 is 0 Å². The summed E-state index contributed by atoms with van der Waals surface area (Å²) in [5, 5.41) is 0.129. The number of carbonyl (C=O) groups excluding carboxylic acids is 2. The van der Waals surface area contributed by atoms with Crippen molar-refractivity contribution in [1.29, 1.82) is 0 Å². The summed E-state index contributed by atoms with van der Waals surface area (Å²) in [6.07, 6.45) is 6.20. The number of fused-ring (bicyclic) bond motifs is 3. The van der Waals surface area contributed by atoms with Crippen LogP contribution in [-0.2, 0) is 9.53 Å². The number of halogens is 2. The highest BCUT2D eigenvalue weighted by Crippen LogP contribution is 2.40. The monoisotopic (exact) mass is 505 g/mol. The summed E-state index contributed by atoms with van der Waals surface area (Å²) in [4.78, 5) is 41.1. The smallest absolute Gasteiger partial charge is 0.410 e. The maximum absolute atomic E-state index is 14.9. The molecule has 2 aromatic rings. The molecular formula is C24H29ClFN5O4. The fourth-order valence-electron chi connectivity index (χ4n) is 5.13. The highest BCUT2D eigenvalue weighted by Gasteiger charge is 2.45. The zero-order chi connectivity index (χ0) is 25.0. The van der Waals surface area contributed by atoms with E-state index in [2.05, 4.69) is 15.0 Å². The summed E-state index contributed by atoms with van der Waals surface area (Å²) in [6, 6.07) is -0.128. The molecule has 188 valence electrons. The maximum Gasteiger partial charge on any atom is 0.410 e. The van der Waals surface area contributed by atoms with E-state index in [1.165, 1.54) is 6.20 Å². The Balaban J connectivity index is 1.45. The van der Waals surface area contributed by atoms with Crippen LogP contribution in [0.4, 0.5) is 15.0 Å². The average molecular weight is 506 g/mol. The second-order valence-electron chi connectivity index (χ2n) is 10.8. The van der Waals surface area contributed by atoms with Crippen LogP contribution < -0.4 is 9.64 Å². The number of aromatic nitrogens is 3. The van der Waals surface area contributed by atoms with Gasteiger partial charge in [0.05, 0.1) is 22.9 Å². The Labute approximate surface area is 207 Å². The van der Waals surface area contributed by atoms with Crippen LogP contribution in [0.25, 0.3) is 10.9 Å². The first-order valence-electron chi connectivity index (χ1n) is 12.0. The molecule has 4 heterocycles. The molecule has 1 aliphatic carbocycles. The van der Waals surface area contributed by atoms with Crippen molar-refractivity contribution in [3.8, 4) is 6.01 Å². The van der Waals surface area contributed by atoms with Crippen LogP contribution in [0.3, 0.4) is 0 Å². The van der Waals surface area contributed by atoms with Crippen LogP contribution in [0.15, 0.2) is 6.20 Å². The van der Waals surface area contributed by atoms with E-state index in [4.69, 9.17) is 21.1 Å². The van der Waals surface area contributed by atoms with Gasteiger partial charge in [-0.25, -0.2) is 14.2 Å². The van der Waals surface area contributed by atoms with Gasteiger partial charge in [-0.05, 0) is 46.5 Å². The molecule has 5 rings (SSSR count). The number of aldehydes is 1. The molecule has 0 spiro atoms. The quantitative estimate of drug-likeness (QED) is 0.441. The lowest BCUT2D eigenvalue weighted by atomic mass is 9.71. The van der Waals surface area contributed by atoms with E-state index in [-0.39, 0.29) is 41.5 Å². The van der Waals surface area contributed by atoms with Crippen molar-refractivity contribution in [3.63, 3.8) is 0 Å². The molecule has 2 atom stereocenters. The van der Waals surface area contributed by atoms with E-state index in [0.29, 0.717) is 24.3 Å². The van der Waals surface area contributed by atoms with Crippen LogP contribution in [0.5, 0.6) is 6.01 Å². The van der Waals surface area contributed by atoms with Crippen LogP contribution in [0, 0.1) is 11.2 Å². The lowest BCUT2D eigenvalue weighted by molar-refractivity contribution is -0.122. The Kier molecular flexibility index (Phi) is 5.97. The van der Waals surface area contributed by atoms with Crippen molar-refractivity contribution in [1.82, 2.24) is 19.9 Å². The minimum Gasteiger partial charge on any atom is -0.462 e. The lowest BCUT2D eigenvalue weighted by Gasteiger charge is -2.42. The summed E-state index contributed by atoms with van der Waals surface area (Å²) in [7, 11) is 0. The number of hydrogen-bond donors (Lipinski definition) is 0. The Hall–Kier alpha value is -2.75. The van der Waals surface area contributed by atoms with Gasteiger partial charge in [0.15, 0.2) is 11.0 Å². The third kappa shape index (κ3) is 4.48. The summed E-state index contributed by atoms with van der Waals surface area (Å²) in [5.74, 6) is -0.274. The molecule has 0 radical (unpaired) electrons. The Morgan fingerprint density at radius 2 is 1.94 bits per heavy atom. The highest BCUT2D eigenvalue weighted by atomic mass is 35.5. The summed E-state index contributed by atoms with van der Waals surface area (Å²) in [5.41, 5.74) is -1.10. The van der Waals surface area contributed by atoms with Crippen LogP contribution in [0.2, 0.25) is 5.15 Å². The molecule has 2 bridgehead atoms. The molecule has 11 heteroatoms. The van der Waals surface area contributed by atoms with Crippen molar-refractivity contribution in [3.05, 3.63) is 17.2 Å². The topological polar surface area (TPSA) is 97.8 Å². The molecular weight excluding hydrogens is 477 g/mol. The van der Waals surface area contributed by atoms with Crippen molar-refractivity contribution < 1.29 is 23.5 Å². The largest absolute Gasteiger partial charge is 0.462 e. The second kappa shape index (κ2) is 8.72. The molecule has 1 saturated carbocycles. The zero-order valence-electron chi connectivity index (χ0n) is 20.1. The van der Waals surface area contributed by atoms with Gasteiger partial charge in [-0.3, -0.25) is 4.90 Å². The Morgan fingerprint density at radius 3 is 2.51 bits per heavy atom. The Bertz CT molecular complexity index is 1150. The number of ether oxygens (including phenoxy) is 2. The fourth-order valence-corrected chi connectivity index (χ4v) is 5.27. The molecule has 0 aromatic carbocycles. The normalized spacial score (nSPS) is 23.2. The third-order valence-corrected chi connectivity index (χ3v) is 7.34. The van der Waals surface area contributed by atoms with Crippen molar-refractivity contribution >= 4 is 40.7 Å². The number of nitrogens with zero attached hydrogens (tertiary/aromatic N) is 5. The van der Waals surface area contributed by atoms with Crippen LogP contribution in [0.1, 0.15) is 52.9 Å². The molecule has 0 N–H and O–H groups in total. The van der Waals surface area contributed by atoms with Gasteiger partial charge < -0.3 is 19.2 Å². The van der Waals surface area contributed by atoms with E-state index < -0.39 is 16.8 Å². The van der Waals surface area contributed by atoms with Gasteiger partial charge in [-0.2, -0.15) is 9.97 Å². The predicted molar refractivity (Wildman–Crippen MR) is 127 cm³/mol. The third-order valence-electron chi connectivity index (χ3n) is 7.08. The maximum atomic E-state index is 14.9. The number of rotatable bonds is 5. The fraction of sp³-hybridized carbons (Fsp3) is 0.625. The zero-order valence-corrected chi connectivity index (χ0v) is 20.8. The number of pyridine rings is 1. The molecule has 35 heavy (non-hydrogen) atoms. The average Bonchev–Trinajstić information content (AvgIpc) is 3.04. The molecule has 2 aromatic heterocycles. The summed E-state index contributed by atoms with van der Waals surface area (Å²) < 4.78 is 26.4. The first-order valence-corrected chi connectivity index (χ1v) is 12.3. The molecule has 3 aliphatic rings.